The summed E-state index contributed by atoms with van der Waals surface area (Å²) in [4.78, 5) is 28.6. The quantitative estimate of drug-likeness (QED) is 0.265. The number of halogens is 1. The van der Waals surface area contributed by atoms with Crippen LogP contribution in [0.2, 0.25) is 0 Å². The lowest BCUT2D eigenvalue weighted by atomic mass is 10.1. The molecule has 220 valence electrons. The highest BCUT2D eigenvalue weighted by molar-refractivity contribution is 9.10. The van der Waals surface area contributed by atoms with Gasteiger partial charge in [-0.2, -0.15) is 0 Å². The zero-order valence-electron chi connectivity index (χ0n) is 23.7. The van der Waals surface area contributed by atoms with Gasteiger partial charge in [0, 0.05) is 17.6 Å². The van der Waals surface area contributed by atoms with Crippen LogP contribution in [0.1, 0.15) is 32.8 Å². The topological polar surface area (TPSA) is 105 Å². The van der Waals surface area contributed by atoms with E-state index in [9.17, 15) is 18.0 Å². The van der Waals surface area contributed by atoms with Crippen molar-refractivity contribution in [1.29, 1.82) is 0 Å². The fourth-order valence-electron chi connectivity index (χ4n) is 4.32. The lowest BCUT2D eigenvalue weighted by Gasteiger charge is -2.33. The minimum atomic E-state index is -4.17. The summed E-state index contributed by atoms with van der Waals surface area (Å²) < 4.78 is 40.5. The van der Waals surface area contributed by atoms with E-state index in [4.69, 9.17) is 9.47 Å². The predicted molar refractivity (Wildman–Crippen MR) is 163 cm³/mol. The number of hydrogen-bond acceptors (Lipinski definition) is 6. The van der Waals surface area contributed by atoms with Crippen LogP contribution < -0.4 is 19.1 Å². The van der Waals surface area contributed by atoms with Gasteiger partial charge in [-0.1, -0.05) is 35.0 Å². The Morgan fingerprint density at radius 3 is 2.22 bits per heavy atom. The molecule has 0 fully saturated rings. The highest BCUT2D eigenvalue weighted by atomic mass is 79.9. The van der Waals surface area contributed by atoms with E-state index >= 15 is 0 Å². The monoisotopic (exact) mass is 645 g/mol. The first-order valence-electron chi connectivity index (χ1n) is 13.4. The largest absolute Gasteiger partial charge is 0.497 e. The molecule has 1 N–H and O–H groups in total. The van der Waals surface area contributed by atoms with Crippen molar-refractivity contribution in [2.24, 2.45) is 0 Å². The lowest BCUT2D eigenvalue weighted by molar-refractivity contribution is -0.140. The smallest absolute Gasteiger partial charge is 0.264 e. The molecule has 0 bridgehead atoms. The van der Waals surface area contributed by atoms with Crippen molar-refractivity contribution < 1.29 is 27.5 Å². The first-order valence-corrected chi connectivity index (χ1v) is 15.6. The Balaban J connectivity index is 2.06. The van der Waals surface area contributed by atoms with E-state index in [0.717, 1.165) is 14.3 Å². The van der Waals surface area contributed by atoms with Gasteiger partial charge in [-0.3, -0.25) is 13.9 Å². The van der Waals surface area contributed by atoms with Crippen molar-refractivity contribution in [3.05, 3.63) is 82.8 Å². The van der Waals surface area contributed by atoms with Gasteiger partial charge in [0.1, 0.15) is 24.1 Å². The number of methoxy groups -OCH3 is 1. The summed E-state index contributed by atoms with van der Waals surface area (Å²) in [5.74, 6) is 0.343. The van der Waals surface area contributed by atoms with E-state index in [1.165, 1.54) is 17.0 Å². The third-order valence-electron chi connectivity index (χ3n) is 6.34. The standard InChI is InChI=1S/C30H36BrN3O6S/c1-5-28(30(36)32-6-2)33(20-22-9-8-10-26(19-22)39-4)29(35)21-34(24-13-15-25(16-14-24)40-7-3)41(37,38)27-17-11-23(31)12-18-27/h8-19,28H,5-7,20-21H2,1-4H3,(H,32,36). The maximum atomic E-state index is 14.1. The number of carbonyl (C=O) groups excluding carboxylic acids is 2. The van der Waals surface area contributed by atoms with Crippen LogP contribution in [0.15, 0.2) is 82.2 Å². The van der Waals surface area contributed by atoms with Crippen LogP contribution in [0.25, 0.3) is 0 Å². The van der Waals surface area contributed by atoms with Crippen molar-refractivity contribution in [3.63, 3.8) is 0 Å². The maximum Gasteiger partial charge on any atom is 0.264 e. The molecule has 0 aliphatic rings. The number of rotatable bonds is 14. The van der Waals surface area contributed by atoms with E-state index in [2.05, 4.69) is 21.2 Å². The zero-order valence-corrected chi connectivity index (χ0v) is 26.1. The molecule has 0 saturated carbocycles. The number of amides is 2. The normalized spacial score (nSPS) is 11.8. The summed E-state index contributed by atoms with van der Waals surface area (Å²) in [6.07, 6.45) is 0.337. The molecule has 0 spiro atoms. The Hall–Kier alpha value is -3.57. The molecule has 3 aromatic rings. The van der Waals surface area contributed by atoms with Crippen LogP contribution in [0.5, 0.6) is 11.5 Å². The van der Waals surface area contributed by atoms with Gasteiger partial charge >= 0.3 is 0 Å². The van der Waals surface area contributed by atoms with Gasteiger partial charge in [0.05, 0.1) is 24.3 Å². The SMILES string of the molecule is CCNC(=O)C(CC)N(Cc1cccc(OC)c1)C(=O)CN(c1ccc(OCC)cc1)S(=O)(=O)c1ccc(Br)cc1. The lowest BCUT2D eigenvalue weighted by Crippen LogP contribution is -2.52. The van der Waals surface area contributed by atoms with Crippen molar-refractivity contribution in [2.75, 3.05) is 31.1 Å². The highest BCUT2D eigenvalue weighted by Crippen LogP contribution is 2.28. The molecule has 41 heavy (non-hydrogen) atoms. The molecule has 0 radical (unpaired) electrons. The van der Waals surface area contributed by atoms with Gasteiger partial charge in [0.15, 0.2) is 0 Å². The Morgan fingerprint density at radius 1 is 0.951 bits per heavy atom. The van der Waals surface area contributed by atoms with Crippen LogP contribution in [-0.4, -0.2) is 58.0 Å². The minimum absolute atomic E-state index is 0.0255. The first-order chi connectivity index (χ1) is 19.6. The summed E-state index contributed by atoms with van der Waals surface area (Å²) in [7, 11) is -2.62. The number of nitrogens with one attached hydrogen (secondary N) is 1. The van der Waals surface area contributed by atoms with Crippen LogP contribution in [-0.2, 0) is 26.2 Å². The van der Waals surface area contributed by atoms with E-state index in [0.29, 0.717) is 31.1 Å². The van der Waals surface area contributed by atoms with Gasteiger partial charge in [0.25, 0.3) is 10.0 Å². The average molecular weight is 647 g/mol. The van der Waals surface area contributed by atoms with Gasteiger partial charge in [0.2, 0.25) is 11.8 Å². The molecule has 3 rings (SSSR count). The Bertz CT molecular complexity index is 1410. The van der Waals surface area contributed by atoms with Crippen LogP contribution in [0.4, 0.5) is 5.69 Å². The number of carbonyl (C=O) groups is 2. The van der Waals surface area contributed by atoms with Crippen molar-refractivity contribution >= 4 is 43.5 Å². The number of sulfonamides is 1. The zero-order chi connectivity index (χ0) is 30.0. The van der Waals surface area contributed by atoms with Crippen LogP contribution >= 0.6 is 15.9 Å². The van der Waals surface area contributed by atoms with Crippen LogP contribution in [0.3, 0.4) is 0 Å². The summed E-state index contributed by atoms with van der Waals surface area (Å²) in [6.45, 7) is 5.88. The number of anilines is 1. The van der Waals surface area contributed by atoms with Gasteiger partial charge in [-0.25, -0.2) is 8.42 Å². The third kappa shape index (κ3) is 8.23. The van der Waals surface area contributed by atoms with Crippen molar-refractivity contribution in [3.8, 4) is 11.5 Å². The second-order valence-corrected chi connectivity index (χ2v) is 11.9. The molecular weight excluding hydrogens is 610 g/mol. The summed E-state index contributed by atoms with van der Waals surface area (Å²) in [5, 5.41) is 2.80. The molecule has 0 aliphatic heterocycles. The van der Waals surface area contributed by atoms with E-state index in [1.807, 2.05) is 19.9 Å². The molecule has 1 unspecified atom stereocenters. The minimum Gasteiger partial charge on any atom is -0.497 e. The molecule has 2 amide bonds. The molecule has 0 heterocycles. The molecule has 0 saturated heterocycles. The molecular formula is C30H36BrN3O6S. The number of ether oxygens (including phenoxy) is 2. The third-order valence-corrected chi connectivity index (χ3v) is 8.66. The summed E-state index contributed by atoms with van der Waals surface area (Å²) >= 11 is 3.34. The Morgan fingerprint density at radius 2 is 1.63 bits per heavy atom. The van der Waals surface area contributed by atoms with Crippen molar-refractivity contribution in [2.45, 2.75) is 44.7 Å². The highest BCUT2D eigenvalue weighted by Gasteiger charge is 2.33. The molecule has 11 heteroatoms. The molecule has 9 nitrogen and oxygen atoms in total. The molecule has 1 atom stereocenters. The Labute approximate surface area is 250 Å². The molecule has 0 aliphatic carbocycles. The number of likely N-dealkylation sites (N-methyl/N-ethyl adjacent to an activating group) is 1. The number of nitrogens with zero attached hydrogens (tertiary/aromatic N) is 2. The molecule has 0 aromatic heterocycles. The predicted octanol–water partition coefficient (Wildman–Crippen LogP) is 5.00. The Kier molecular flexibility index (Phi) is 11.6. The first kappa shape index (κ1) is 32.0. The molecule has 3 aromatic carbocycles. The van der Waals surface area contributed by atoms with Crippen molar-refractivity contribution in [1.82, 2.24) is 10.2 Å². The van der Waals surface area contributed by atoms with Gasteiger partial charge in [-0.05, 0) is 86.5 Å². The fraction of sp³-hybridized carbons (Fsp3) is 0.333. The maximum absolute atomic E-state index is 14.1. The van der Waals surface area contributed by atoms with E-state index in [-0.39, 0.29) is 23.0 Å². The van der Waals surface area contributed by atoms with E-state index < -0.39 is 28.5 Å². The number of benzene rings is 3. The average Bonchev–Trinajstić information content (AvgIpc) is 2.96. The van der Waals surface area contributed by atoms with Gasteiger partial charge < -0.3 is 19.7 Å². The van der Waals surface area contributed by atoms with E-state index in [1.54, 1.807) is 68.6 Å². The van der Waals surface area contributed by atoms with Gasteiger partial charge in [-0.15, -0.1) is 0 Å². The second kappa shape index (κ2) is 14.9. The summed E-state index contributed by atoms with van der Waals surface area (Å²) in [6, 6.07) is 19.1. The summed E-state index contributed by atoms with van der Waals surface area (Å²) in [5.41, 5.74) is 1.03. The van der Waals surface area contributed by atoms with Crippen LogP contribution in [0, 0.1) is 0 Å². The second-order valence-electron chi connectivity index (χ2n) is 9.08. The fourth-order valence-corrected chi connectivity index (χ4v) is 6.00. The number of hydrogen-bond donors (Lipinski definition) is 1.